The molecule has 0 unspecified atom stereocenters. The Hall–Kier alpha value is -6.53. The number of amides is 4. The van der Waals surface area contributed by atoms with Crippen molar-refractivity contribution in [2.75, 3.05) is 10.6 Å². The largest absolute Gasteiger partial charge is 0.506 e. The molecule has 0 radical (unpaired) electrons. The Morgan fingerprint density at radius 3 is 1.28 bits per heavy atom. The van der Waals surface area contributed by atoms with Crippen LogP contribution in [0.15, 0.2) is 107 Å². The van der Waals surface area contributed by atoms with Gasteiger partial charge in [0.05, 0.1) is 11.4 Å². The van der Waals surface area contributed by atoms with Gasteiger partial charge in [0.1, 0.15) is 21.3 Å². The topological polar surface area (TPSA) is 249 Å². The summed E-state index contributed by atoms with van der Waals surface area (Å²) in [5.74, 6) is -2.90. The molecule has 0 fully saturated rings. The Balaban J connectivity index is 1.13. The molecule has 8 N–H and O–H groups in total. The van der Waals surface area contributed by atoms with E-state index >= 15 is 0 Å². The molecule has 15 nitrogen and oxygen atoms in total. The minimum absolute atomic E-state index is 0.104. The summed E-state index contributed by atoms with van der Waals surface area (Å²) in [6.45, 7) is 3.21. The Morgan fingerprint density at radius 2 is 0.926 bits per heavy atom. The lowest BCUT2D eigenvalue weighted by Crippen LogP contribution is -2.42. The predicted molar refractivity (Wildman–Crippen MR) is 200 cm³/mol. The van der Waals surface area contributed by atoms with Crippen LogP contribution < -0.4 is 21.3 Å². The van der Waals surface area contributed by atoms with Crippen molar-refractivity contribution < 1.29 is 50.5 Å². The van der Waals surface area contributed by atoms with Gasteiger partial charge in [0, 0.05) is 33.3 Å². The van der Waals surface area contributed by atoms with Crippen LogP contribution in [-0.4, -0.2) is 54.0 Å². The quantitative estimate of drug-likeness (QED) is 0.0795. The molecule has 0 saturated heterocycles. The first-order valence-electron chi connectivity index (χ1n) is 15.8. The molecule has 6 rings (SSSR count). The van der Waals surface area contributed by atoms with E-state index in [4.69, 9.17) is 0 Å². The van der Waals surface area contributed by atoms with Gasteiger partial charge in [0.2, 0.25) is 0 Å². The van der Waals surface area contributed by atoms with Crippen molar-refractivity contribution >= 4 is 82.4 Å². The molecule has 0 aromatic heterocycles. The van der Waals surface area contributed by atoms with E-state index in [1.165, 1.54) is 36.4 Å². The van der Waals surface area contributed by atoms with Crippen LogP contribution in [-0.2, 0) is 20.2 Å². The molecule has 0 atom stereocenters. The van der Waals surface area contributed by atoms with Crippen LogP contribution in [0.2, 0.25) is 0 Å². The van der Waals surface area contributed by atoms with Crippen molar-refractivity contribution in [3.05, 3.63) is 119 Å². The third kappa shape index (κ3) is 7.50. The Morgan fingerprint density at radius 1 is 0.537 bits per heavy atom. The first-order chi connectivity index (χ1) is 25.4. The fourth-order valence-electron chi connectivity index (χ4n) is 5.98. The molecule has 6 aromatic rings. The van der Waals surface area contributed by atoms with Gasteiger partial charge in [-0.2, -0.15) is 16.8 Å². The Labute approximate surface area is 307 Å². The van der Waals surface area contributed by atoms with Gasteiger partial charge in [-0.05, 0) is 96.4 Å². The van der Waals surface area contributed by atoms with Gasteiger partial charge in [0.25, 0.3) is 32.1 Å². The number of nitrogens with one attached hydrogen (secondary N) is 4. The van der Waals surface area contributed by atoms with E-state index in [0.29, 0.717) is 44.6 Å². The SMILES string of the molecule is Cc1cc(Nc2cccc3ccc(S(=O)(=O)O)c(O)c23)ccc1C(=O)NC(=O)NC(=O)c1ccc(Nc2cccc3ccc(S(=O)(=O)O)c(O)c23)cc1C. The highest BCUT2D eigenvalue weighted by Crippen LogP contribution is 2.39. The lowest BCUT2D eigenvalue weighted by atomic mass is 10.1. The lowest BCUT2D eigenvalue weighted by Gasteiger charge is -2.15. The molecule has 4 amide bonds. The second-order valence-electron chi connectivity index (χ2n) is 12.1. The third-order valence-electron chi connectivity index (χ3n) is 8.47. The van der Waals surface area contributed by atoms with Gasteiger partial charge in [-0.3, -0.25) is 29.3 Å². The van der Waals surface area contributed by atoms with E-state index in [0.717, 1.165) is 12.1 Å². The maximum atomic E-state index is 13.0. The number of phenols is 2. The number of urea groups is 1. The zero-order valence-electron chi connectivity index (χ0n) is 28.2. The number of carbonyl (C=O) groups excluding carboxylic acids is 3. The van der Waals surface area contributed by atoms with Crippen LogP contribution in [0.3, 0.4) is 0 Å². The summed E-state index contributed by atoms with van der Waals surface area (Å²) >= 11 is 0. The molecule has 0 saturated carbocycles. The second kappa shape index (κ2) is 14.1. The van der Waals surface area contributed by atoms with E-state index in [9.17, 15) is 50.5 Å². The molecule has 0 aliphatic rings. The average molecular weight is 771 g/mol. The van der Waals surface area contributed by atoms with Crippen LogP contribution in [0.1, 0.15) is 31.8 Å². The number of anilines is 4. The van der Waals surface area contributed by atoms with Crippen molar-refractivity contribution in [2.45, 2.75) is 23.6 Å². The van der Waals surface area contributed by atoms with Crippen molar-refractivity contribution in [3.8, 4) is 11.5 Å². The molecule has 0 heterocycles. The number of phenolic OH excluding ortho intramolecular Hbond substituents is 2. The number of rotatable bonds is 8. The van der Waals surface area contributed by atoms with Gasteiger partial charge < -0.3 is 20.8 Å². The Bertz CT molecular complexity index is 2600. The first-order valence-corrected chi connectivity index (χ1v) is 18.7. The van der Waals surface area contributed by atoms with E-state index in [1.54, 1.807) is 62.4 Å². The highest BCUT2D eigenvalue weighted by atomic mass is 32.2. The van der Waals surface area contributed by atoms with Gasteiger partial charge in [0.15, 0.2) is 0 Å². The maximum absolute atomic E-state index is 13.0. The minimum Gasteiger partial charge on any atom is -0.506 e. The number of benzene rings is 6. The Kier molecular flexibility index (Phi) is 9.74. The average Bonchev–Trinajstić information content (AvgIpc) is 3.07. The molecule has 6 aromatic carbocycles. The summed E-state index contributed by atoms with van der Waals surface area (Å²) in [7, 11) is -9.41. The van der Waals surface area contributed by atoms with Crippen LogP contribution in [0.25, 0.3) is 21.5 Å². The summed E-state index contributed by atoms with van der Waals surface area (Å²) in [6.07, 6.45) is 0. The highest BCUT2D eigenvalue weighted by molar-refractivity contribution is 7.86. The van der Waals surface area contributed by atoms with Crippen LogP contribution in [0.5, 0.6) is 11.5 Å². The first kappa shape index (κ1) is 37.2. The van der Waals surface area contributed by atoms with Crippen LogP contribution in [0.4, 0.5) is 27.5 Å². The van der Waals surface area contributed by atoms with Gasteiger partial charge in [-0.15, -0.1) is 0 Å². The molecular formula is C37H30N4O11S2. The second-order valence-corrected chi connectivity index (χ2v) is 14.9. The monoisotopic (exact) mass is 770 g/mol. The number of aromatic hydroxyl groups is 2. The van der Waals surface area contributed by atoms with Crippen molar-refractivity contribution in [1.82, 2.24) is 10.6 Å². The smallest absolute Gasteiger partial charge is 0.328 e. The van der Waals surface area contributed by atoms with Gasteiger partial charge in [-0.1, -0.05) is 36.4 Å². The predicted octanol–water partition coefficient (Wildman–Crippen LogP) is 6.28. The van der Waals surface area contributed by atoms with Gasteiger partial charge in [-0.25, -0.2) is 4.79 Å². The lowest BCUT2D eigenvalue weighted by molar-refractivity contribution is 0.0944. The number of imide groups is 2. The number of hydrogen-bond donors (Lipinski definition) is 8. The van der Waals surface area contributed by atoms with E-state index in [2.05, 4.69) is 21.3 Å². The number of aryl methyl sites for hydroxylation is 2. The molecule has 0 spiro atoms. The van der Waals surface area contributed by atoms with Crippen molar-refractivity contribution in [3.63, 3.8) is 0 Å². The van der Waals surface area contributed by atoms with E-state index < -0.39 is 59.4 Å². The third-order valence-corrected chi connectivity index (χ3v) is 10.2. The molecular weight excluding hydrogens is 741 g/mol. The molecule has 17 heteroatoms. The van der Waals surface area contributed by atoms with E-state index in [-0.39, 0.29) is 21.9 Å². The summed E-state index contributed by atoms with van der Waals surface area (Å²) < 4.78 is 66.0. The number of carbonyl (C=O) groups is 3. The van der Waals surface area contributed by atoms with Crippen molar-refractivity contribution in [1.29, 1.82) is 0 Å². The van der Waals surface area contributed by atoms with Crippen LogP contribution >= 0.6 is 0 Å². The fraction of sp³-hybridized carbons (Fsp3) is 0.0541. The normalized spacial score (nSPS) is 11.6. The summed E-state index contributed by atoms with van der Waals surface area (Å²) in [5.41, 5.74) is 2.57. The molecule has 0 aliphatic carbocycles. The summed E-state index contributed by atoms with van der Waals surface area (Å²) in [6, 6.07) is 22.8. The van der Waals surface area contributed by atoms with Gasteiger partial charge >= 0.3 is 6.03 Å². The number of fused-ring (bicyclic) bond motifs is 2. The van der Waals surface area contributed by atoms with Crippen molar-refractivity contribution in [2.24, 2.45) is 0 Å². The molecule has 0 bridgehead atoms. The maximum Gasteiger partial charge on any atom is 0.328 e. The standard InChI is InChI=1S/C37H30N4O11S2/c1-19-17-23(38-27-7-3-5-21-9-15-29(53(47,48)49)33(42)31(21)27)11-13-25(19)35(44)40-37(46)41-36(45)26-14-12-24(18-20(26)2)39-28-8-4-6-22-10-16-30(54(50,51)52)34(43)32(22)28/h3-18,38-39,42-43H,1-2H3,(H,47,48,49)(H,50,51,52)(H2,40,41,44,45,46). The molecule has 0 aliphatic heterocycles. The summed E-state index contributed by atoms with van der Waals surface area (Å²) in [4.78, 5) is 37.4. The summed E-state index contributed by atoms with van der Waals surface area (Å²) in [5, 5.41) is 32.9. The highest BCUT2D eigenvalue weighted by Gasteiger charge is 2.22. The zero-order valence-corrected chi connectivity index (χ0v) is 29.8. The molecule has 54 heavy (non-hydrogen) atoms. The minimum atomic E-state index is -4.70. The fourth-order valence-corrected chi connectivity index (χ4v) is 7.15. The van der Waals surface area contributed by atoms with Crippen LogP contribution in [0, 0.1) is 13.8 Å². The molecule has 276 valence electrons. The number of hydrogen-bond acceptors (Lipinski definition) is 11. The van der Waals surface area contributed by atoms with E-state index in [1.807, 2.05) is 0 Å². The zero-order chi connectivity index (χ0) is 39.1.